The molecule has 2 heterocycles. The number of carbonyl (C=O) groups excluding carboxylic acids is 1. The molecule has 2 aromatic rings. The Morgan fingerprint density at radius 3 is 2.69 bits per heavy atom. The number of anilines is 1. The molecule has 1 atom stereocenters. The molecule has 26 heavy (non-hydrogen) atoms. The van der Waals surface area contributed by atoms with Crippen molar-refractivity contribution < 1.29 is 14.3 Å². The van der Waals surface area contributed by atoms with Crippen LogP contribution in [-0.4, -0.2) is 53.6 Å². The van der Waals surface area contributed by atoms with Crippen LogP contribution in [0.15, 0.2) is 36.7 Å². The zero-order valence-corrected chi connectivity index (χ0v) is 15.3. The molecule has 7 nitrogen and oxygen atoms in total. The van der Waals surface area contributed by atoms with Crippen molar-refractivity contribution in [3.05, 3.63) is 47.9 Å². The van der Waals surface area contributed by atoms with Crippen molar-refractivity contribution in [2.24, 2.45) is 0 Å². The zero-order valence-electron chi connectivity index (χ0n) is 15.3. The first-order valence-electron chi connectivity index (χ1n) is 8.74. The number of nitrogens with zero attached hydrogens (tertiary/aromatic N) is 3. The highest BCUT2D eigenvalue weighted by Crippen LogP contribution is 2.26. The highest BCUT2D eigenvalue weighted by Gasteiger charge is 2.28. The van der Waals surface area contributed by atoms with E-state index in [4.69, 9.17) is 9.47 Å². The van der Waals surface area contributed by atoms with E-state index < -0.39 is 0 Å². The van der Waals surface area contributed by atoms with Gasteiger partial charge in [0.25, 0.3) is 5.91 Å². The van der Waals surface area contributed by atoms with Gasteiger partial charge in [0.2, 0.25) is 0 Å². The molecule has 0 aliphatic carbocycles. The summed E-state index contributed by atoms with van der Waals surface area (Å²) in [5.74, 6) is 1.40. The number of rotatable bonds is 5. The monoisotopic (exact) mass is 356 g/mol. The molecule has 0 saturated carbocycles. The molecular weight excluding hydrogens is 332 g/mol. The first-order valence-corrected chi connectivity index (χ1v) is 8.74. The van der Waals surface area contributed by atoms with E-state index >= 15 is 0 Å². The normalized spacial score (nSPS) is 17.2. The Balaban J connectivity index is 1.72. The lowest BCUT2D eigenvalue weighted by Gasteiger charge is -2.33. The molecule has 1 N–H and O–H groups in total. The molecule has 3 rings (SSSR count). The van der Waals surface area contributed by atoms with Crippen molar-refractivity contribution in [2.45, 2.75) is 26.1 Å². The Kier molecular flexibility index (Phi) is 5.68. The molecule has 0 unspecified atom stereocenters. The lowest BCUT2D eigenvalue weighted by atomic mass is 10.1. The molecule has 1 aromatic carbocycles. The SMILES string of the molecule is CNc1nccnc1[C@H]1CN(C(=O)c2ccc(OC(C)C)cc2)CCO1. The van der Waals surface area contributed by atoms with Gasteiger partial charge in [0, 0.05) is 31.5 Å². The van der Waals surface area contributed by atoms with Gasteiger partial charge in [0.15, 0.2) is 0 Å². The van der Waals surface area contributed by atoms with Gasteiger partial charge in [-0.1, -0.05) is 0 Å². The van der Waals surface area contributed by atoms with Crippen LogP contribution in [0, 0.1) is 0 Å². The van der Waals surface area contributed by atoms with Gasteiger partial charge in [0.05, 0.1) is 19.3 Å². The number of ether oxygens (including phenoxy) is 2. The first-order chi connectivity index (χ1) is 12.6. The van der Waals surface area contributed by atoms with Crippen molar-refractivity contribution in [3.8, 4) is 5.75 Å². The Bertz CT molecular complexity index is 749. The Labute approximate surface area is 153 Å². The lowest BCUT2D eigenvalue weighted by Crippen LogP contribution is -2.42. The molecule has 1 aromatic heterocycles. The number of amides is 1. The van der Waals surface area contributed by atoms with Crippen LogP contribution < -0.4 is 10.1 Å². The van der Waals surface area contributed by atoms with E-state index in [2.05, 4.69) is 15.3 Å². The summed E-state index contributed by atoms with van der Waals surface area (Å²) in [6.45, 7) is 5.40. The second kappa shape index (κ2) is 8.14. The molecule has 7 heteroatoms. The van der Waals surface area contributed by atoms with Crippen LogP contribution in [0.2, 0.25) is 0 Å². The predicted octanol–water partition coefficient (Wildman–Crippen LogP) is 2.52. The van der Waals surface area contributed by atoms with E-state index in [9.17, 15) is 4.79 Å². The lowest BCUT2D eigenvalue weighted by molar-refractivity contribution is -0.0245. The van der Waals surface area contributed by atoms with Gasteiger partial charge in [-0.15, -0.1) is 0 Å². The van der Waals surface area contributed by atoms with Gasteiger partial charge in [0.1, 0.15) is 23.4 Å². The second-order valence-corrected chi connectivity index (χ2v) is 6.34. The molecule has 1 fully saturated rings. The van der Waals surface area contributed by atoms with Crippen molar-refractivity contribution in [1.82, 2.24) is 14.9 Å². The quantitative estimate of drug-likeness (QED) is 0.887. The summed E-state index contributed by atoms with van der Waals surface area (Å²) in [5, 5.41) is 3.02. The van der Waals surface area contributed by atoms with Crippen LogP contribution in [0.4, 0.5) is 5.82 Å². The fourth-order valence-electron chi connectivity index (χ4n) is 2.91. The van der Waals surface area contributed by atoms with Crippen molar-refractivity contribution in [3.63, 3.8) is 0 Å². The van der Waals surface area contributed by atoms with E-state index in [-0.39, 0.29) is 18.1 Å². The minimum Gasteiger partial charge on any atom is -0.491 e. The average Bonchev–Trinajstić information content (AvgIpc) is 2.67. The fraction of sp³-hybridized carbons (Fsp3) is 0.421. The van der Waals surface area contributed by atoms with Gasteiger partial charge >= 0.3 is 0 Å². The summed E-state index contributed by atoms with van der Waals surface area (Å²) in [4.78, 5) is 23.3. The summed E-state index contributed by atoms with van der Waals surface area (Å²) in [7, 11) is 1.79. The van der Waals surface area contributed by atoms with E-state index in [1.165, 1.54) is 0 Å². The van der Waals surface area contributed by atoms with Crippen LogP contribution in [0.25, 0.3) is 0 Å². The summed E-state index contributed by atoms with van der Waals surface area (Å²) in [5.41, 5.74) is 1.35. The van der Waals surface area contributed by atoms with Crippen molar-refractivity contribution in [1.29, 1.82) is 0 Å². The highest BCUT2D eigenvalue weighted by molar-refractivity contribution is 5.94. The molecule has 1 saturated heterocycles. The molecule has 1 aliphatic heterocycles. The predicted molar refractivity (Wildman–Crippen MR) is 98.4 cm³/mol. The van der Waals surface area contributed by atoms with E-state index in [0.717, 1.165) is 5.75 Å². The highest BCUT2D eigenvalue weighted by atomic mass is 16.5. The minimum atomic E-state index is -0.299. The van der Waals surface area contributed by atoms with Gasteiger partial charge in [-0.2, -0.15) is 0 Å². The number of nitrogens with one attached hydrogen (secondary N) is 1. The van der Waals surface area contributed by atoms with Gasteiger partial charge in [-0.3, -0.25) is 9.78 Å². The third-order valence-corrected chi connectivity index (χ3v) is 4.10. The maximum Gasteiger partial charge on any atom is 0.254 e. The molecular formula is C19H24N4O3. The molecule has 138 valence electrons. The standard InChI is InChI=1S/C19H24N4O3/c1-13(2)26-15-6-4-14(5-7-15)19(24)23-10-11-25-16(12-23)17-18(20-3)22-9-8-21-17/h4-9,13,16H,10-12H2,1-3H3,(H,20,22)/t16-/m1/s1. The maximum absolute atomic E-state index is 12.8. The Hall–Kier alpha value is -2.67. The zero-order chi connectivity index (χ0) is 18.5. The van der Waals surface area contributed by atoms with Crippen LogP contribution in [0.5, 0.6) is 5.75 Å². The fourth-order valence-corrected chi connectivity index (χ4v) is 2.91. The van der Waals surface area contributed by atoms with E-state index in [1.807, 2.05) is 26.0 Å². The Morgan fingerprint density at radius 1 is 1.27 bits per heavy atom. The number of hydrogen-bond acceptors (Lipinski definition) is 6. The third kappa shape index (κ3) is 4.11. The Morgan fingerprint density at radius 2 is 2.00 bits per heavy atom. The van der Waals surface area contributed by atoms with Crippen LogP contribution >= 0.6 is 0 Å². The second-order valence-electron chi connectivity index (χ2n) is 6.34. The number of morpholine rings is 1. The van der Waals surface area contributed by atoms with Crippen LogP contribution in [-0.2, 0) is 4.74 Å². The summed E-state index contributed by atoms with van der Waals surface area (Å²) < 4.78 is 11.5. The molecule has 1 aliphatic rings. The summed E-state index contributed by atoms with van der Waals surface area (Å²) in [6.07, 6.45) is 3.06. The number of hydrogen-bond donors (Lipinski definition) is 1. The van der Waals surface area contributed by atoms with Gasteiger partial charge in [-0.05, 0) is 38.1 Å². The smallest absolute Gasteiger partial charge is 0.254 e. The summed E-state index contributed by atoms with van der Waals surface area (Å²) >= 11 is 0. The number of benzene rings is 1. The number of aromatic nitrogens is 2. The topological polar surface area (TPSA) is 76.6 Å². The largest absolute Gasteiger partial charge is 0.491 e. The maximum atomic E-state index is 12.8. The van der Waals surface area contributed by atoms with E-state index in [1.54, 1.807) is 36.5 Å². The van der Waals surface area contributed by atoms with Gasteiger partial charge < -0.3 is 19.7 Å². The van der Waals surface area contributed by atoms with Gasteiger partial charge in [-0.25, -0.2) is 4.98 Å². The molecule has 0 radical (unpaired) electrons. The van der Waals surface area contributed by atoms with E-state index in [0.29, 0.717) is 36.8 Å². The van der Waals surface area contributed by atoms with Crippen molar-refractivity contribution in [2.75, 3.05) is 32.1 Å². The molecule has 1 amide bonds. The summed E-state index contributed by atoms with van der Waals surface area (Å²) in [6, 6.07) is 7.25. The molecule has 0 spiro atoms. The third-order valence-electron chi connectivity index (χ3n) is 4.10. The van der Waals surface area contributed by atoms with Crippen molar-refractivity contribution >= 4 is 11.7 Å². The first kappa shape index (κ1) is 18.1. The number of carbonyl (C=O) groups is 1. The van der Waals surface area contributed by atoms with Crippen LogP contribution in [0.1, 0.15) is 36.0 Å². The average molecular weight is 356 g/mol. The van der Waals surface area contributed by atoms with Crippen LogP contribution in [0.3, 0.4) is 0 Å². The minimum absolute atomic E-state index is 0.0238. The molecule has 0 bridgehead atoms.